The molecule has 2 fully saturated rings. The number of sulfonamides is 1. The summed E-state index contributed by atoms with van der Waals surface area (Å²) in [5.74, 6) is 0.865. The highest BCUT2D eigenvalue weighted by Crippen LogP contribution is 2.29. The maximum Gasteiger partial charge on any atom is 0.243 e. The Hall–Kier alpha value is -0.820. The molecule has 0 spiro atoms. The Kier molecular flexibility index (Phi) is 6.76. The van der Waals surface area contributed by atoms with E-state index in [1.165, 1.54) is 12.8 Å². The van der Waals surface area contributed by atoms with Gasteiger partial charge in [-0.05, 0) is 62.8 Å². The summed E-state index contributed by atoms with van der Waals surface area (Å²) >= 11 is 0. The summed E-state index contributed by atoms with van der Waals surface area (Å²) in [6.07, 6.45) is 4.50. The monoisotopic (exact) mass is 387 g/mol. The Morgan fingerprint density at radius 1 is 1.16 bits per heavy atom. The predicted molar refractivity (Wildman–Crippen MR) is 105 cm³/mol. The fraction of sp³-hybridized carbons (Fsp3) is 0.667. The van der Waals surface area contributed by atoms with Crippen molar-refractivity contribution in [2.45, 2.75) is 43.5 Å². The van der Waals surface area contributed by atoms with Gasteiger partial charge in [0.25, 0.3) is 0 Å². The Bertz CT molecular complexity index is 682. The smallest absolute Gasteiger partial charge is 0.243 e. The summed E-state index contributed by atoms with van der Waals surface area (Å²) < 4.78 is 27.5. The van der Waals surface area contributed by atoms with E-state index >= 15 is 0 Å². The van der Waals surface area contributed by atoms with E-state index in [4.69, 9.17) is 0 Å². The first-order valence-corrected chi connectivity index (χ1v) is 10.3. The summed E-state index contributed by atoms with van der Waals surface area (Å²) in [6.45, 7) is 4.32. The molecule has 5 nitrogen and oxygen atoms in total. The Balaban J connectivity index is 0.00000225. The molecule has 1 aromatic carbocycles. The number of nitrogens with one attached hydrogen (secondary N) is 1. The fourth-order valence-corrected chi connectivity index (χ4v) is 4.83. The lowest BCUT2D eigenvalue weighted by molar-refractivity contribution is 0.288. The van der Waals surface area contributed by atoms with Crippen LogP contribution in [0.25, 0.3) is 0 Å². The van der Waals surface area contributed by atoms with Gasteiger partial charge in [0, 0.05) is 38.9 Å². The molecule has 2 aliphatic rings. The molecule has 0 atom stereocenters. The number of aryl methyl sites for hydroxylation is 1. The molecule has 0 amide bonds. The maximum absolute atomic E-state index is 12.9. The van der Waals surface area contributed by atoms with Crippen molar-refractivity contribution in [1.29, 1.82) is 0 Å². The van der Waals surface area contributed by atoms with Gasteiger partial charge in [0.1, 0.15) is 0 Å². The minimum atomic E-state index is -3.40. The van der Waals surface area contributed by atoms with Crippen LogP contribution < -0.4 is 10.2 Å². The van der Waals surface area contributed by atoms with Gasteiger partial charge in [-0.3, -0.25) is 0 Å². The first-order chi connectivity index (χ1) is 11.4. The van der Waals surface area contributed by atoms with Crippen LogP contribution in [0.3, 0.4) is 0 Å². The SMILES string of the molecule is Cc1ccc(S(=O)(=O)N2CCC(NCC3CC3)CC2)cc1N(C)C.Cl. The summed E-state index contributed by atoms with van der Waals surface area (Å²) in [7, 11) is 0.482. The molecule has 0 unspecified atom stereocenters. The average molecular weight is 388 g/mol. The van der Waals surface area contributed by atoms with Crippen molar-refractivity contribution in [2.24, 2.45) is 5.92 Å². The quantitative estimate of drug-likeness (QED) is 0.815. The summed E-state index contributed by atoms with van der Waals surface area (Å²) in [5, 5.41) is 3.60. The number of piperidine rings is 1. The average Bonchev–Trinajstić information content (AvgIpc) is 3.37. The topological polar surface area (TPSA) is 52.7 Å². The third kappa shape index (κ3) is 4.88. The Morgan fingerprint density at radius 2 is 1.80 bits per heavy atom. The van der Waals surface area contributed by atoms with Crippen LogP contribution in [0.2, 0.25) is 0 Å². The zero-order valence-electron chi connectivity index (χ0n) is 15.4. The van der Waals surface area contributed by atoms with E-state index in [0.717, 1.165) is 36.6 Å². The van der Waals surface area contributed by atoms with Crippen molar-refractivity contribution in [3.63, 3.8) is 0 Å². The van der Waals surface area contributed by atoms with Gasteiger partial charge >= 0.3 is 0 Å². The van der Waals surface area contributed by atoms with Gasteiger partial charge < -0.3 is 10.2 Å². The zero-order chi connectivity index (χ0) is 17.3. The van der Waals surface area contributed by atoms with Gasteiger partial charge in [-0.2, -0.15) is 4.31 Å². The molecule has 1 N–H and O–H groups in total. The van der Waals surface area contributed by atoms with Crippen molar-refractivity contribution in [3.05, 3.63) is 23.8 Å². The van der Waals surface area contributed by atoms with Crippen LogP contribution in [0.4, 0.5) is 5.69 Å². The number of hydrogen-bond acceptors (Lipinski definition) is 4. The van der Waals surface area contributed by atoms with Crippen molar-refractivity contribution >= 4 is 28.1 Å². The fourth-order valence-electron chi connectivity index (χ4n) is 3.34. The van der Waals surface area contributed by atoms with Gasteiger partial charge in [-0.15, -0.1) is 12.4 Å². The van der Waals surface area contributed by atoms with Gasteiger partial charge in [-0.25, -0.2) is 8.42 Å². The molecule has 142 valence electrons. The number of anilines is 1. The molecule has 25 heavy (non-hydrogen) atoms. The minimum Gasteiger partial charge on any atom is -0.377 e. The second kappa shape index (κ2) is 8.25. The van der Waals surface area contributed by atoms with Gasteiger partial charge in [0.2, 0.25) is 10.0 Å². The third-order valence-electron chi connectivity index (χ3n) is 5.15. The highest BCUT2D eigenvalue weighted by molar-refractivity contribution is 7.89. The Labute approximate surface area is 158 Å². The standard InChI is InChI=1S/C18H29N3O2S.ClH/c1-14-4-7-17(12-18(14)20(2)3)24(22,23)21-10-8-16(9-11-21)19-13-15-5-6-15;/h4,7,12,15-16,19H,5-6,8-11,13H2,1-3H3;1H. The minimum absolute atomic E-state index is 0. The lowest BCUT2D eigenvalue weighted by Gasteiger charge is -2.32. The predicted octanol–water partition coefficient (Wildman–Crippen LogP) is 2.64. The lowest BCUT2D eigenvalue weighted by Crippen LogP contribution is -2.45. The zero-order valence-corrected chi connectivity index (χ0v) is 17.0. The third-order valence-corrected chi connectivity index (χ3v) is 7.04. The van der Waals surface area contributed by atoms with Crippen LogP contribution in [-0.2, 0) is 10.0 Å². The molecule has 1 saturated carbocycles. The van der Waals surface area contributed by atoms with Gasteiger partial charge in [0.15, 0.2) is 0 Å². The van der Waals surface area contributed by atoms with Crippen LogP contribution in [0.15, 0.2) is 23.1 Å². The van der Waals surface area contributed by atoms with E-state index in [1.807, 2.05) is 32.0 Å². The maximum atomic E-state index is 12.9. The molecule has 1 aliphatic heterocycles. The molecule has 1 aromatic rings. The molecule has 7 heteroatoms. The Morgan fingerprint density at radius 3 is 2.36 bits per heavy atom. The molecule has 0 bridgehead atoms. The van der Waals surface area contributed by atoms with Crippen molar-refractivity contribution in [1.82, 2.24) is 9.62 Å². The number of benzene rings is 1. The van der Waals surface area contributed by atoms with E-state index in [1.54, 1.807) is 16.4 Å². The van der Waals surface area contributed by atoms with Crippen LogP contribution in [0.5, 0.6) is 0 Å². The summed E-state index contributed by atoms with van der Waals surface area (Å²) in [5.41, 5.74) is 2.04. The molecular formula is C18H30ClN3O2S. The van der Waals surface area contributed by atoms with Crippen molar-refractivity contribution in [2.75, 3.05) is 38.6 Å². The van der Waals surface area contributed by atoms with E-state index < -0.39 is 10.0 Å². The van der Waals surface area contributed by atoms with E-state index in [0.29, 0.717) is 24.0 Å². The lowest BCUT2D eigenvalue weighted by atomic mass is 10.1. The highest BCUT2D eigenvalue weighted by atomic mass is 35.5. The second-order valence-electron chi connectivity index (χ2n) is 7.37. The van der Waals surface area contributed by atoms with Crippen LogP contribution >= 0.6 is 12.4 Å². The van der Waals surface area contributed by atoms with E-state index in [-0.39, 0.29) is 12.4 Å². The van der Waals surface area contributed by atoms with E-state index in [2.05, 4.69) is 5.32 Å². The molecule has 0 radical (unpaired) electrons. The molecule has 1 aliphatic carbocycles. The van der Waals surface area contributed by atoms with Crippen LogP contribution in [0.1, 0.15) is 31.2 Å². The van der Waals surface area contributed by atoms with Crippen molar-refractivity contribution in [3.8, 4) is 0 Å². The van der Waals surface area contributed by atoms with Crippen molar-refractivity contribution < 1.29 is 8.42 Å². The first-order valence-electron chi connectivity index (χ1n) is 8.89. The molecule has 1 saturated heterocycles. The number of hydrogen-bond donors (Lipinski definition) is 1. The van der Waals surface area contributed by atoms with E-state index in [9.17, 15) is 8.42 Å². The first kappa shape index (κ1) is 20.5. The largest absolute Gasteiger partial charge is 0.377 e. The summed E-state index contributed by atoms with van der Waals surface area (Å²) in [4.78, 5) is 2.36. The van der Waals surface area contributed by atoms with Crippen LogP contribution in [-0.4, -0.2) is 52.5 Å². The molecular weight excluding hydrogens is 358 g/mol. The number of halogens is 1. The van der Waals surface area contributed by atoms with Crippen LogP contribution in [0, 0.1) is 12.8 Å². The van der Waals surface area contributed by atoms with Gasteiger partial charge in [-0.1, -0.05) is 6.07 Å². The summed E-state index contributed by atoms with van der Waals surface area (Å²) in [6, 6.07) is 5.89. The second-order valence-corrected chi connectivity index (χ2v) is 9.31. The van der Waals surface area contributed by atoms with Gasteiger partial charge in [0.05, 0.1) is 4.90 Å². The molecule has 3 rings (SSSR count). The number of rotatable bonds is 6. The number of nitrogens with zero attached hydrogens (tertiary/aromatic N) is 2. The molecule has 1 heterocycles. The normalized spacial score (nSPS) is 19.5. The highest BCUT2D eigenvalue weighted by Gasteiger charge is 2.30. The molecule has 0 aromatic heterocycles.